The molecule has 1 nitrogen and oxygen atoms in total. The zero-order chi connectivity index (χ0) is 14.6. The summed E-state index contributed by atoms with van der Waals surface area (Å²) in [4.78, 5) is 0. The van der Waals surface area contributed by atoms with Gasteiger partial charge in [-0.3, -0.25) is 0 Å². The van der Waals surface area contributed by atoms with Crippen molar-refractivity contribution in [2.24, 2.45) is 24.8 Å². The first kappa shape index (κ1) is 19.9. The molecule has 1 aromatic rings. The van der Waals surface area contributed by atoms with Crippen LogP contribution in [0, 0.1) is 17.8 Å². The van der Waals surface area contributed by atoms with Crippen molar-refractivity contribution in [1.29, 1.82) is 0 Å². The summed E-state index contributed by atoms with van der Waals surface area (Å²) >= 11 is 0. The molecule has 0 aromatic carbocycles. The Hall–Kier alpha value is -0.0577. The molecule has 0 bridgehead atoms. The molecule has 0 fully saturated rings. The first-order chi connectivity index (χ1) is 8.77. The molecule has 0 saturated carbocycles. The Kier molecular flexibility index (Phi) is 8.38. The molecule has 0 saturated heterocycles. The smallest absolute Gasteiger partial charge is 0.392 e. The summed E-state index contributed by atoms with van der Waals surface area (Å²) in [6.07, 6.45) is 5.84. The summed E-state index contributed by atoms with van der Waals surface area (Å²) in [7, 11) is 2.22. The summed E-state index contributed by atoms with van der Waals surface area (Å²) < 4.78 is 2.37. The molecule has 20 heavy (non-hydrogen) atoms. The van der Waals surface area contributed by atoms with Crippen molar-refractivity contribution in [2.45, 2.75) is 60.5 Å². The summed E-state index contributed by atoms with van der Waals surface area (Å²) in [5, 5.41) is 0. The van der Waals surface area contributed by atoms with Crippen LogP contribution in [-0.4, -0.2) is 10.7 Å². The Bertz CT molecular complexity index is 356. The fourth-order valence-corrected chi connectivity index (χ4v) is 4.47. The topological polar surface area (TPSA) is 4.93 Å². The molecule has 0 atom stereocenters. The molecule has 0 aliphatic heterocycles. The van der Waals surface area contributed by atoms with Crippen LogP contribution < -0.4 is 24.5 Å². The van der Waals surface area contributed by atoms with Crippen LogP contribution in [0.2, 0.25) is 19.0 Å². The van der Waals surface area contributed by atoms with Crippen LogP contribution in [0.5, 0.6) is 0 Å². The van der Waals surface area contributed by atoms with Gasteiger partial charge in [-0.05, 0) is 12.3 Å². The zero-order valence-electron chi connectivity index (χ0n) is 15.1. The van der Waals surface area contributed by atoms with Gasteiger partial charge in [-0.1, -0.05) is 65.4 Å². The van der Waals surface area contributed by atoms with Crippen LogP contribution in [0.1, 0.15) is 41.5 Å². The molecule has 1 rings (SSSR count). The van der Waals surface area contributed by atoms with Crippen LogP contribution in [-0.2, 0) is 7.05 Å². The Balaban J connectivity index is 0.00000361. The number of aromatic nitrogens is 1. The fourth-order valence-electron chi connectivity index (χ4n) is 4.47. The van der Waals surface area contributed by atoms with Gasteiger partial charge in [0.15, 0.2) is 0 Å². The van der Waals surface area contributed by atoms with Gasteiger partial charge in [-0.2, -0.15) is 19.0 Å². The molecule has 110 valence electrons. The summed E-state index contributed by atoms with van der Waals surface area (Å²) in [5.41, 5.74) is 1.59. The van der Waals surface area contributed by atoms with E-state index in [0.717, 1.165) is 17.8 Å². The van der Waals surface area contributed by atoms with E-state index in [0.29, 0.717) is 0 Å². The average Bonchev–Trinajstić information content (AvgIpc) is 2.61. The minimum absolute atomic E-state index is 0. The standard InChI is InChI=1S/C17H33BN.Li/c1-14(2)11-18(12-15(3)4,13-16(5)6)17-9-8-10-19(17)7;/h8-10,14-16H,11-13H2,1-7H3;/q-1;+1. The number of aryl methyl sites for hydroxylation is 1. The van der Waals surface area contributed by atoms with Gasteiger partial charge in [-0.25, -0.2) is 0 Å². The Morgan fingerprint density at radius 2 is 1.30 bits per heavy atom. The monoisotopic (exact) mass is 269 g/mol. The average molecular weight is 269 g/mol. The molecular weight excluding hydrogens is 236 g/mol. The Morgan fingerprint density at radius 3 is 1.55 bits per heavy atom. The number of nitrogens with zero attached hydrogens (tertiary/aromatic N) is 1. The predicted octanol–water partition coefficient (Wildman–Crippen LogP) is 1.65. The second-order valence-corrected chi connectivity index (χ2v) is 7.91. The van der Waals surface area contributed by atoms with E-state index >= 15 is 0 Å². The van der Waals surface area contributed by atoms with Crippen molar-refractivity contribution < 1.29 is 18.9 Å². The third-order valence-corrected chi connectivity index (χ3v) is 4.38. The normalized spacial score (nSPS) is 12.3. The van der Waals surface area contributed by atoms with E-state index in [1.54, 1.807) is 5.59 Å². The third-order valence-electron chi connectivity index (χ3n) is 4.38. The Labute approximate surface area is 139 Å². The minimum Gasteiger partial charge on any atom is -0.392 e. The maximum atomic E-state index is 2.38. The second kappa shape index (κ2) is 8.40. The summed E-state index contributed by atoms with van der Waals surface area (Å²) in [6, 6.07) is 4.58. The van der Waals surface area contributed by atoms with Gasteiger partial charge >= 0.3 is 18.9 Å². The van der Waals surface area contributed by atoms with Crippen LogP contribution in [0.4, 0.5) is 0 Å². The molecule has 3 heteroatoms. The van der Waals surface area contributed by atoms with Crippen molar-refractivity contribution in [2.75, 3.05) is 0 Å². The van der Waals surface area contributed by atoms with Gasteiger partial charge in [0, 0.05) is 13.2 Å². The van der Waals surface area contributed by atoms with E-state index in [1.165, 1.54) is 19.0 Å². The molecule has 0 amide bonds. The molecule has 1 aromatic heterocycles. The summed E-state index contributed by atoms with van der Waals surface area (Å²) in [5.74, 6) is 2.31. The van der Waals surface area contributed by atoms with E-state index in [9.17, 15) is 0 Å². The van der Waals surface area contributed by atoms with Crippen LogP contribution in [0.3, 0.4) is 0 Å². The molecule has 0 N–H and O–H groups in total. The van der Waals surface area contributed by atoms with Crippen molar-refractivity contribution in [3.63, 3.8) is 0 Å². The van der Waals surface area contributed by atoms with E-state index in [1.807, 2.05) is 0 Å². The molecule has 0 spiro atoms. The molecular formula is C17H33BLiN. The third kappa shape index (κ3) is 5.38. The van der Waals surface area contributed by atoms with Crippen molar-refractivity contribution >= 4 is 11.7 Å². The number of hydrogen-bond acceptors (Lipinski definition) is 0. The van der Waals surface area contributed by atoms with E-state index in [-0.39, 0.29) is 18.9 Å². The largest absolute Gasteiger partial charge is 1.00 e. The quantitative estimate of drug-likeness (QED) is 0.663. The molecule has 0 radical (unpaired) electrons. The maximum Gasteiger partial charge on any atom is 1.00 e. The van der Waals surface area contributed by atoms with E-state index < -0.39 is 6.15 Å². The molecule has 0 aliphatic rings. The van der Waals surface area contributed by atoms with Crippen LogP contribution >= 0.6 is 0 Å². The first-order valence-electron chi connectivity index (χ1n) is 8.09. The maximum absolute atomic E-state index is 2.38. The van der Waals surface area contributed by atoms with Crippen LogP contribution in [0.15, 0.2) is 18.3 Å². The first-order valence-corrected chi connectivity index (χ1v) is 8.09. The molecule has 1 heterocycles. The molecule has 0 aliphatic carbocycles. The fraction of sp³-hybridized carbons (Fsp3) is 0.765. The second-order valence-electron chi connectivity index (χ2n) is 7.91. The van der Waals surface area contributed by atoms with Crippen molar-refractivity contribution in [3.05, 3.63) is 18.3 Å². The van der Waals surface area contributed by atoms with Gasteiger partial charge in [0.1, 0.15) is 0 Å². The van der Waals surface area contributed by atoms with Gasteiger partial charge in [0.05, 0.1) is 0 Å². The SMILES string of the molecule is CC(C)C[B-](CC(C)C)(CC(C)C)c1cccn1C.[Li+]. The summed E-state index contributed by atoms with van der Waals surface area (Å²) in [6.45, 7) is 14.3. The van der Waals surface area contributed by atoms with Crippen LogP contribution in [0.25, 0.3) is 0 Å². The van der Waals surface area contributed by atoms with Gasteiger partial charge in [0.2, 0.25) is 0 Å². The van der Waals surface area contributed by atoms with Gasteiger partial charge in [-0.15, -0.1) is 5.59 Å². The van der Waals surface area contributed by atoms with Gasteiger partial charge in [0.25, 0.3) is 0 Å². The predicted molar refractivity (Wildman–Crippen MR) is 89.7 cm³/mol. The minimum atomic E-state index is -0.438. The van der Waals surface area contributed by atoms with Crippen molar-refractivity contribution in [3.8, 4) is 0 Å². The number of rotatable bonds is 7. The Morgan fingerprint density at radius 1 is 0.900 bits per heavy atom. The molecule has 0 unspecified atom stereocenters. The van der Waals surface area contributed by atoms with E-state index in [4.69, 9.17) is 0 Å². The van der Waals surface area contributed by atoms with Gasteiger partial charge < -0.3 is 4.57 Å². The van der Waals surface area contributed by atoms with E-state index in [2.05, 4.69) is 71.5 Å². The number of hydrogen-bond donors (Lipinski definition) is 0. The van der Waals surface area contributed by atoms with Crippen molar-refractivity contribution in [1.82, 2.24) is 4.57 Å². The zero-order valence-corrected chi connectivity index (χ0v) is 15.1.